The van der Waals surface area contributed by atoms with Crippen LogP contribution in [-0.2, 0) is 10.2 Å². The van der Waals surface area contributed by atoms with Crippen LogP contribution >= 0.6 is 23.2 Å². The fourth-order valence-corrected chi connectivity index (χ4v) is 5.58. The fourth-order valence-electron chi connectivity index (χ4n) is 5.28. The Morgan fingerprint density at radius 2 is 1.77 bits per heavy atom. The quantitative estimate of drug-likeness (QED) is 0.377. The van der Waals surface area contributed by atoms with Crippen molar-refractivity contribution < 1.29 is 4.79 Å². The normalized spacial score (nSPS) is 21.1. The highest BCUT2D eigenvalue weighted by atomic mass is 35.5. The Bertz CT molecular complexity index is 1220. The third kappa shape index (κ3) is 5.30. The Morgan fingerprint density at radius 3 is 2.49 bits per heavy atom. The Labute approximate surface area is 217 Å². The molecule has 180 valence electrons. The minimum atomic E-state index is -0.219. The molecule has 35 heavy (non-hydrogen) atoms. The molecule has 0 saturated carbocycles. The molecule has 2 aliphatic rings. The summed E-state index contributed by atoms with van der Waals surface area (Å²) in [6, 6.07) is 22.3. The summed E-state index contributed by atoms with van der Waals surface area (Å²) in [6.07, 6.45) is 7.33. The SMILES string of the molecule is O=C1CCC(CCN2CC=C(c3ccccc3)CC2)(c2ccc(Cl)c(Cl)c2)CN1c1ccccn1. The number of pyridine rings is 1. The first-order chi connectivity index (χ1) is 17.0. The number of hydrogen-bond donors (Lipinski definition) is 0. The second-order valence-electron chi connectivity index (χ2n) is 9.47. The minimum absolute atomic E-state index is 0.118. The number of carbonyl (C=O) groups excluding carboxylic acids is 1. The molecule has 1 amide bonds. The van der Waals surface area contributed by atoms with E-state index in [1.807, 2.05) is 35.2 Å². The molecule has 0 radical (unpaired) electrons. The maximum Gasteiger partial charge on any atom is 0.228 e. The number of nitrogens with zero attached hydrogens (tertiary/aromatic N) is 3. The van der Waals surface area contributed by atoms with Gasteiger partial charge in [0.2, 0.25) is 5.91 Å². The summed E-state index contributed by atoms with van der Waals surface area (Å²) in [5, 5.41) is 1.10. The monoisotopic (exact) mass is 505 g/mol. The maximum absolute atomic E-state index is 12.9. The van der Waals surface area contributed by atoms with E-state index < -0.39 is 0 Å². The van der Waals surface area contributed by atoms with E-state index in [-0.39, 0.29) is 11.3 Å². The van der Waals surface area contributed by atoms with Crippen LogP contribution in [0, 0.1) is 0 Å². The average Bonchev–Trinajstić information content (AvgIpc) is 2.91. The smallest absolute Gasteiger partial charge is 0.228 e. The zero-order valence-electron chi connectivity index (χ0n) is 19.7. The first kappa shape index (κ1) is 24.1. The number of amides is 1. The van der Waals surface area contributed by atoms with Gasteiger partial charge in [0.05, 0.1) is 10.0 Å². The highest BCUT2D eigenvalue weighted by Crippen LogP contribution is 2.41. The van der Waals surface area contributed by atoms with Gasteiger partial charge in [0.25, 0.3) is 0 Å². The van der Waals surface area contributed by atoms with Gasteiger partial charge in [-0.15, -0.1) is 0 Å². The molecule has 2 aromatic carbocycles. The molecule has 1 aromatic heterocycles. The molecule has 1 unspecified atom stereocenters. The number of rotatable bonds is 6. The van der Waals surface area contributed by atoms with Crippen LogP contribution in [0.1, 0.15) is 36.8 Å². The zero-order chi connectivity index (χ0) is 24.3. The summed E-state index contributed by atoms with van der Waals surface area (Å²) < 4.78 is 0. The Kier molecular flexibility index (Phi) is 7.24. The third-order valence-corrected chi connectivity index (χ3v) is 8.12. The Hall–Kier alpha value is -2.66. The molecule has 4 nitrogen and oxygen atoms in total. The molecule has 5 rings (SSSR count). The van der Waals surface area contributed by atoms with Crippen molar-refractivity contribution in [2.24, 2.45) is 0 Å². The number of halogens is 2. The maximum atomic E-state index is 12.9. The van der Waals surface area contributed by atoms with Gasteiger partial charge in [-0.2, -0.15) is 0 Å². The first-order valence-corrected chi connectivity index (χ1v) is 12.9. The van der Waals surface area contributed by atoms with Crippen LogP contribution in [0.4, 0.5) is 5.82 Å². The molecule has 1 saturated heterocycles. The summed E-state index contributed by atoms with van der Waals surface area (Å²) in [7, 11) is 0. The van der Waals surface area contributed by atoms with Crippen LogP contribution in [-0.4, -0.2) is 42.0 Å². The van der Waals surface area contributed by atoms with E-state index in [1.165, 1.54) is 11.1 Å². The molecule has 1 fully saturated rings. The molecule has 0 spiro atoms. The summed E-state index contributed by atoms with van der Waals surface area (Å²) in [6.45, 7) is 3.49. The van der Waals surface area contributed by atoms with E-state index in [2.05, 4.69) is 52.4 Å². The molecule has 3 heterocycles. The van der Waals surface area contributed by atoms with Gasteiger partial charge < -0.3 is 0 Å². The molecule has 1 atom stereocenters. The standard InChI is InChI=1S/C29H29Cl2N3O/c30-25-10-9-24(20-26(25)31)29(14-11-28(35)34(21-29)27-8-4-5-16-32-27)15-19-33-17-12-23(13-18-33)22-6-2-1-3-7-22/h1-10,12,16,20H,11,13-15,17-19,21H2. The second-order valence-corrected chi connectivity index (χ2v) is 10.3. The lowest BCUT2D eigenvalue weighted by molar-refractivity contribution is -0.120. The number of piperidine rings is 1. The largest absolute Gasteiger partial charge is 0.299 e. The van der Waals surface area contributed by atoms with Crippen LogP contribution in [0.5, 0.6) is 0 Å². The van der Waals surface area contributed by atoms with Gasteiger partial charge in [-0.25, -0.2) is 4.98 Å². The second kappa shape index (κ2) is 10.5. The minimum Gasteiger partial charge on any atom is -0.299 e. The van der Waals surface area contributed by atoms with Crippen LogP contribution in [0.25, 0.3) is 5.57 Å². The van der Waals surface area contributed by atoms with Crippen molar-refractivity contribution in [3.63, 3.8) is 0 Å². The van der Waals surface area contributed by atoms with Crippen molar-refractivity contribution in [3.8, 4) is 0 Å². The Morgan fingerprint density at radius 1 is 0.943 bits per heavy atom. The molecular formula is C29H29Cl2N3O. The van der Waals surface area contributed by atoms with Gasteiger partial charge in [-0.1, -0.05) is 71.7 Å². The molecule has 0 bridgehead atoms. The van der Waals surface area contributed by atoms with Crippen LogP contribution < -0.4 is 4.90 Å². The molecule has 0 N–H and O–H groups in total. The van der Waals surface area contributed by atoms with Crippen LogP contribution in [0.3, 0.4) is 0 Å². The highest BCUT2D eigenvalue weighted by molar-refractivity contribution is 6.42. The topological polar surface area (TPSA) is 36.4 Å². The van der Waals surface area contributed by atoms with Gasteiger partial charge >= 0.3 is 0 Å². The highest BCUT2D eigenvalue weighted by Gasteiger charge is 2.41. The zero-order valence-corrected chi connectivity index (χ0v) is 21.2. The predicted octanol–water partition coefficient (Wildman–Crippen LogP) is 6.63. The lowest BCUT2D eigenvalue weighted by Gasteiger charge is -2.44. The van der Waals surface area contributed by atoms with Crippen molar-refractivity contribution in [2.75, 3.05) is 31.1 Å². The average molecular weight is 506 g/mol. The molecule has 2 aliphatic heterocycles. The third-order valence-electron chi connectivity index (χ3n) is 7.38. The molecule has 3 aromatic rings. The summed E-state index contributed by atoms with van der Waals surface area (Å²) in [4.78, 5) is 21.8. The van der Waals surface area contributed by atoms with Crippen LogP contribution in [0.2, 0.25) is 10.0 Å². The summed E-state index contributed by atoms with van der Waals surface area (Å²) in [5.41, 5.74) is 3.66. The van der Waals surface area contributed by atoms with Gasteiger partial charge in [-0.05, 0) is 66.8 Å². The van der Waals surface area contributed by atoms with Gasteiger partial charge in [0.1, 0.15) is 5.82 Å². The van der Waals surface area contributed by atoms with E-state index in [0.29, 0.717) is 28.8 Å². The first-order valence-electron chi connectivity index (χ1n) is 12.2. The Balaban J connectivity index is 1.38. The number of carbonyl (C=O) groups is 1. The van der Waals surface area contributed by atoms with Gasteiger partial charge in [-0.3, -0.25) is 14.6 Å². The van der Waals surface area contributed by atoms with Gasteiger partial charge in [0, 0.05) is 37.7 Å². The van der Waals surface area contributed by atoms with Gasteiger partial charge in [0.15, 0.2) is 0 Å². The van der Waals surface area contributed by atoms with Crippen molar-refractivity contribution in [2.45, 2.75) is 31.1 Å². The lowest BCUT2D eigenvalue weighted by Crippen LogP contribution is -2.51. The number of aromatic nitrogens is 1. The van der Waals surface area contributed by atoms with E-state index in [0.717, 1.165) is 44.5 Å². The summed E-state index contributed by atoms with van der Waals surface area (Å²) in [5.74, 6) is 0.822. The van der Waals surface area contributed by atoms with E-state index >= 15 is 0 Å². The van der Waals surface area contributed by atoms with Crippen molar-refractivity contribution >= 4 is 40.5 Å². The molecule has 6 heteroatoms. The summed E-state index contributed by atoms with van der Waals surface area (Å²) >= 11 is 12.7. The van der Waals surface area contributed by atoms with Crippen LogP contribution in [0.15, 0.2) is 79.0 Å². The van der Waals surface area contributed by atoms with E-state index in [4.69, 9.17) is 23.2 Å². The lowest BCUT2D eigenvalue weighted by atomic mass is 9.71. The van der Waals surface area contributed by atoms with Crippen molar-refractivity contribution in [3.05, 3.63) is 100 Å². The molecular weight excluding hydrogens is 477 g/mol. The fraction of sp³-hybridized carbons (Fsp3) is 0.310. The van der Waals surface area contributed by atoms with E-state index in [9.17, 15) is 4.79 Å². The van der Waals surface area contributed by atoms with Crippen molar-refractivity contribution in [1.82, 2.24) is 9.88 Å². The van der Waals surface area contributed by atoms with Crippen molar-refractivity contribution in [1.29, 1.82) is 0 Å². The molecule has 0 aliphatic carbocycles. The number of hydrogen-bond acceptors (Lipinski definition) is 3. The van der Waals surface area contributed by atoms with E-state index in [1.54, 1.807) is 6.20 Å². The predicted molar refractivity (Wildman–Crippen MR) is 144 cm³/mol. The number of anilines is 1. The number of benzene rings is 2.